The summed E-state index contributed by atoms with van der Waals surface area (Å²) in [5, 5.41) is 0.169. The lowest BCUT2D eigenvalue weighted by Gasteiger charge is -2.34. The van der Waals surface area contributed by atoms with Gasteiger partial charge in [-0.25, -0.2) is 8.42 Å². The van der Waals surface area contributed by atoms with Crippen molar-refractivity contribution in [1.82, 2.24) is 9.21 Å². The van der Waals surface area contributed by atoms with Crippen LogP contribution in [0.15, 0.2) is 29.2 Å². The van der Waals surface area contributed by atoms with Crippen LogP contribution in [0.2, 0.25) is 10.0 Å². The standard InChI is InChI=1S/C20H22Cl2N2O4S2/c1-13-12-15(14(2)29-13)17(25)6-7-19(26)23-8-10-24(11-9-23)30(27,28)18-5-3-4-16(21)20(18)22/h3-5,12H,6-11H2,1-2H3. The Bertz CT molecular complexity index is 1070. The first-order valence-corrected chi connectivity index (χ1v) is 12.4. The van der Waals surface area contributed by atoms with Gasteiger partial charge < -0.3 is 4.90 Å². The third-order valence-electron chi connectivity index (χ3n) is 5.03. The lowest BCUT2D eigenvalue weighted by atomic mass is 10.1. The Hall–Kier alpha value is -1.45. The Morgan fingerprint density at radius 2 is 1.73 bits per heavy atom. The number of benzene rings is 1. The molecule has 2 aromatic rings. The van der Waals surface area contributed by atoms with Crippen molar-refractivity contribution in [1.29, 1.82) is 0 Å². The van der Waals surface area contributed by atoms with Crippen LogP contribution >= 0.6 is 34.5 Å². The average Bonchev–Trinajstić information content (AvgIpc) is 3.06. The summed E-state index contributed by atoms with van der Waals surface area (Å²) >= 11 is 13.6. The van der Waals surface area contributed by atoms with Crippen molar-refractivity contribution in [3.63, 3.8) is 0 Å². The summed E-state index contributed by atoms with van der Waals surface area (Å²) < 4.78 is 27.1. The molecule has 10 heteroatoms. The smallest absolute Gasteiger partial charge is 0.244 e. The number of amides is 1. The fraction of sp³-hybridized carbons (Fsp3) is 0.400. The molecule has 30 heavy (non-hydrogen) atoms. The maximum atomic E-state index is 12.9. The number of rotatable bonds is 6. The fourth-order valence-corrected chi connectivity index (χ4v) is 6.52. The molecule has 0 radical (unpaired) electrons. The highest BCUT2D eigenvalue weighted by Gasteiger charge is 2.32. The molecule has 0 spiro atoms. The SMILES string of the molecule is Cc1cc(C(=O)CCC(=O)N2CCN(S(=O)(=O)c3cccc(Cl)c3Cl)CC2)c(C)s1. The zero-order valence-electron chi connectivity index (χ0n) is 16.7. The van der Waals surface area contributed by atoms with E-state index in [1.165, 1.54) is 22.5 Å². The van der Waals surface area contributed by atoms with Crippen molar-refractivity contribution < 1.29 is 18.0 Å². The minimum Gasteiger partial charge on any atom is -0.340 e. The molecule has 1 aromatic heterocycles. The molecule has 0 aliphatic carbocycles. The summed E-state index contributed by atoms with van der Waals surface area (Å²) in [6.07, 6.45) is 0.256. The summed E-state index contributed by atoms with van der Waals surface area (Å²) in [7, 11) is -3.80. The zero-order valence-corrected chi connectivity index (χ0v) is 19.8. The van der Waals surface area contributed by atoms with Crippen molar-refractivity contribution >= 4 is 56.3 Å². The van der Waals surface area contributed by atoms with Crippen molar-refractivity contribution in [2.75, 3.05) is 26.2 Å². The molecular formula is C20H22Cl2N2O4S2. The second kappa shape index (κ2) is 9.36. The quantitative estimate of drug-likeness (QED) is 0.571. The fourth-order valence-electron chi connectivity index (χ4n) is 3.42. The van der Waals surface area contributed by atoms with Crippen LogP contribution in [0.4, 0.5) is 0 Å². The summed E-state index contributed by atoms with van der Waals surface area (Å²) in [6, 6.07) is 6.34. The molecule has 1 fully saturated rings. The molecule has 2 heterocycles. The summed E-state index contributed by atoms with van der Waals surface area (Å²) in [6.45, 7) is 4.70. The summed E-state index contributed by atoms with van der Waals surface area (Å²) in [5.74, 6) is -0.187. The number of carbonyl (C=O) groups excluding carboxylic acids is 2. The van der Waals surface area contributed by atoms with Gasteiger partial charge in [-0.05, 0) is 32.0 Å². The number of ketones is 1. The van der Waals surface area contributed by atoms with E-state index in [1.54, 1.807) is 16.2 Å². The lowest BCUT2D eigenvalue weighted by Crippen LogP contribution is -2.50. The van der Waals surface area contributed by atoms with Crippen LogP contribution in [0.5, 0.6) is 0 Å². The Kier molecular flexibility index (Phi) is 7.24. The van der Waals surface area contributed by atoms with Gasteiger partial charge in [0.2, 0.25) is 15.9 Å². The second-order valence-corrected chi connectivity index (χ2v) is 11.2. The maximum absolute atomic E-state index is 12.9. The normalized spacial score (nSPS) is 15.4. The predicted molar refractivity (Wildman–Crippen MR) is 119 cm³/mol. The number of thiophene rings is 1. The van der Waals surface area contributed by atoms with Crippen LogP contribution in [0, 0.1) is 13.8 Å². The van der Waals surface area contributed by atoms with Gasteiger partial charge in [0, 0.05) is 54.3 Å². The molecule has 1 saturated heterocycles. The predicted octanol–water partition coefficient (Wildman–Crippen LogP) is 4.17. The van der Waals surface area contributed by atoms with Gasteiger partial charge in [-0.1, -0.05) is 29.3 Å². The Morgan fingerprint density at radius 3 is 2.33 bits per heavy atom. The average molecular weight is 489 g/mol. The Balaban J connectivity index is 1.57. The number of Topliss-reactive ketones (excluding diaryl/α,β-unsaturated/α-hetero) is 1. The summed E-state index contributed by atoms with van der Waals surface area (Å²) in [5.41, 5.74) is 0.680. The Labute approximate surface area is 190 Å². The number of hydrogen-bond acceptors (Lipinski definition) is 5. The van der Waals surface area contributed by atoms with Gasteiger partial charge in [0.05, 0.1) is 10.0 Å². The number of carbonyl (C=O) groups is 2. The molecule has 6 nitrogen and oxygen atoms in total. The first-order chi connectivity index (χ1) is 14.1. The molecule has 3 rings (SSSR count). The molecule has 1 aliphatic rings. The third-order valence-corrected chi connectivity index (χ3v) is 8.87. The molecule has 1 aliphatic heterocycles. The van der Waals surface area contributed by atoms with Crippen LogP contribution in [0.25, 0.3) is 0 Å². The number of hydrogen-bond donors (Lipinski definition) is 0. The van der Waals surface area contributed by atoms with Gasteiger partial charge >= 0.3 is 0 Å². The first kappa shape index (κ1) is 23.2. The van der Waals surface area contributed by atoms with E-state index in [-0.39, 0.29) is 65.7 Å². The molecule has 0 atom stereocenters. The van der Waals surface area contributed by atoms with Gasteiger partial charge in [-0.15, -0.1) is 11.3 Å². The van der Waals surface area contributed by atoms with Crippen LogP contribution in [0.3, 0.4) is 0 Å². The van der Waals surface area contributed by atoms with Crippen molar-refractivity contribution in [2.24, 2.45) is 0 Å². The van der Waals surface area contributed by atoms with Crippen molar-refractivity contribution in [2.45, 2.75) is 31.6 Å². The van der Waals surface area contributed by atoms with Crippen LogP contribution in [0.1, 0.15) is 33.0 Å². The highest BCUT2D eigenvalue weighted by molar-refractivity contribution is 7.89. The molecule has 162 valence electrons. The van der Waals surface area contributed by atoms with E-state index in [1.807, 2.05) is 19.9 Å². The summed E-state index contributed by atoms with van der Waals surface area (Å²) in [4.78, 5) is 28.5. The van der Waals surface area contributed by atoms with Crippen molar-refractivity contribution in [3.05, 3.63) is 49.6 Å². The molecular weight excluding hydrogens is 467 g/mol. The number of halogens is 2. The number of piperazine rings is 1. The molecule has 0 unspecified atom stereocenters. The second-order valence-electron chi connectivity index (χ2n) is 7.09. The highest BCUT2D eigenvalue weighted by atomic mass is 35.5. The number of nitrogens with zero attached hydrogens (tertiary/aromatic N) is 2. The van der Waals surface area contributed by atoms with E-state index < -0.39 is 10.0 Å². The van der Waals surface area contributed by atoms with E-state index >= 15 is 0 Å². The first-order valence-electron chi connectivity index (χ1n) is 9.43. The van der Waals surface area contributed by atoms with Gasteiger partial charge in [-0.3, -0.25) is 9.59 Å². The molecule has 0 N–H and O–H groups in total. The van der Waals surface area contributed by atoms with E-state index in [2.05, 4.69) is 0 Å². The minimum atomic E-state index is -3.80. The van der Waals surface area contributed by atoms with Crippen LogP contribution in [-0.4, -0.2) is 55.5 Å². The topological polar surface area (TPSA) is 74.8 Å². The van der Waals surface area contributed by atoms with E-state index in [0.29, 0.717) is 5.56 Å². The van der Waals surface area contributed by atoms with Gasteiger partial charge in [0.15, 0.2) is 5.78 Å². The zero-order chi connectivity index (χ0) is 22.1. The number of aryl methyl sites for hydroxylation is 2. The van der Waals surface area contributed by atoms with E-state index in [4.69, 9.17) is 23.2 Å². The monoisotopic (exact) mass is 488 g/mol. The van der Waals surface area contributed by atoms with Gasteiger partial charge in [0.25, 0.3) is 0 Å². The van der Waals surface area contributed by atoms with Gasteiger partial charge in [0.1, 0.15) is 4.90 Å². The molecule has 0 saturated carbocycles. The molecule has 0 bridgehead atoms. The maximum Gasteiger partial charge on any atom is 0.244 e. The Morgan fingerprint density at radius 1 is 1.07 bits per heavy atom. The van der Waals surface area contributed by atoms with Crippen molar-refractivity contribution in [3.8, 4) is 0 Å². The highest BCUT2D eigenvalue weighted by Crippen LogP contribution is 2.31. The van der Waals surface area contributed by atoms with Crippen LogP contribution in [-0.2, 0) is 14.8 Å². The van der Waals surface area contributed by atoms with E-state index in [9.17, 15) is 18.0 Å². The molecule has 1 amide bonds. The third kappa shape index (κ3) is 4.89. The molecule has 1 aromatic carbocycles. The van der Waals surface area contributed by atoms with E-state index in [0.717, 1.165) is 9.75 Å². The lowest BCUT2D eigenvalue weighted by molar-refractivity contribution is -0.132. The largest absolute Gasteiger partial charge is 0.340 e. The number of sulfonamides is 1. The van der Waals surface area contributed by atoms with Crippen LogP contribution < -0.4 is 0 Å². The van der Waals surface area contributed by atoms with Gasteiger partial charge in [-0.2, -0.15) is 4.31 Å². The minimum absolute atomic E-state index is 0.00449.